The number of fused-ring (bicyclic) bond motifs is 3. The largest absolute Gasteiger partial charge is 0.493 e. The van der Waals surface area contributed by atoms with Gasteiger partial charge in [0.05, 0.1) is 14.2 Å². The molecule has 1 aliphatic rings. The number of amides is 1. The van der Waals surface area contributed by atoms with Crippen molar-refractivity contribution in [1.82, 2.24) is 9.88 Å². The Morgan fingerprint density at radius 1 is 1.06 bits per heavy atom. The van der Waals surface area contributed by atoms with Crippen LogP contribution < -0.4 is 9.47 Å². The van der Waals surface area contributed by atoms with Crippen LogP contribution in [0, 0.1) is 12.3 Å². The predicted molar refractivity (Wildman–Crippen MR) is 129 cm³/mol. The van der Waals surface area contributed by atoms with Crippen molar-refractivity contribution in [3.63, 3.8) is 0 Å². The number of H-pyrrole nitrogens is 1. The summed E-state index contributed by atoms with van der Waals surface area (Å²) in [5.74, 6) is 3.79. The highest BCUT2D eigenvalue weighted by molar-refractivity contribution is 5.96. The summed E-state index contributed by atoms with van der Waals surface area (Å²) in [5, 5.41) is 1.18. The van der Waals surface area contributed by atoms with Crippen molar-refractivity contribution in [2.75, 3.05) is 20.8 Å². The van der Waals surface area contributed by atoms with Crippen molar-refractivity contribution in [2.24, 2.45) is 0 Å². The number of aromatic amines is 1. The second kappa shape index (κ2) is 8.40. The number of terminal acetylenes is 1. The van der Waals surface area contributed by atoms with E-state index in [2.05, 4.69) is 23.0 Å². The topological polar surface area (TPSA) is 54.6 Å². The van der Waals surface area contributed by atoms with E-state index in [0.717, 1.165) is 23.2 Å². The first-order chi connectivity index (χ1) is 16.2. The highest BCUT2D eigenvalue weighted by atomic mass is 16.5. The number of carbonyl (C=O) groups excluding carboxylic acids is 1. The van der Waals surface area contributed by atoms with Crippen LogP contribution in [-0.4, -0.2) is 36.6 Å². The molecule has 1 aromatic heterocycles. The zero-order chi connectivity index (χ0) is 22.9. The van der Waals surface area contributed by atoms with Crippen LogP contribution in [0.4, 0.5) is 0 Å². The fourth-order valence-corrected chi connectivity index (χ4v) is 4.82. The van der Waals surface area contributed by atoms with Gasteiger partial charge in [0.25, 0.3) is 5.91 Å². The lowest BCUT2D eigenvalue weighted by Crippen LogP contribution is -2.40. The van der Waals surface area contributed by atoms with Gasteiger partial charge >= 0.3 is 0 Å². The van der Waals surface area contributed by atoms with E-state index in [0.29, 0.717) is 29.2 Å². The van der Waals surface area contributed by atoms with Crippen molar-refractivity contribution in [2.45, 2.75) is 12.5 Å². The fraction of sp³-hybridized carbons (Fsp3) is 0.179. The summed E-state index contributed by atoms with van der Waals surface area (Å²) in [6.45, 7) is 0.568. The van der Waals surface area contributed by atoms with Gasteiger partial charge in [-0.15, -0.1) is 6.42 Å². The van der Waals surface area contributed by atoms with Crippen LogP contribution in [0.5, 0.6) is 11.5 Å². The third-order valence-electron chi connectivity index (χ3n) is 6.30. The number of aromatic nitrogens is 1. The van der Waals surface area contributed by atoms with Crippen LogP contribution in [0.3, 0.4) is 0 Å². The van der Waals surface area contributed by atoms with E-state index in [4.69, 9.17) is 15.9 Å². The second-order valence-corrected chi connectivity index (χ2v) is 8.02. The summed E-state index contributed by atoms with van der Waals surface area (Å²) in [6, 6.07) is 20.9. The quantitative estimate of drug-likeness (QED) is 0.461. The number of para-hydroxylation sites is 2. The summed E-state index contributed by atoms with van der Waals surface area (Å²) in [7, 11) is 3.24. The molecule has 0 saturated carbocycles. The lowest BCUT2D eigenvalue weighted by Gasteiger charge is -2.37. The van der Waals surface area contributed by atoms with E-state index in [1.807, 2.05) is 53.4 Å². The fourth-order valence-electron chi connectivity index (χ4n) is 4.82. The number of hydrogen-bond donors (Lipinski definition) is 1. The maximum absolute atomic E-state index is 13.8. The smallest absolute Gasteiger partial charge is 0.254 e. The van der Waals surface area contributed by atoms with Crippen molar-refractivity contribution in [1.29, 1.82) is 0 Å². The monoisotopic (exact) mass is 436 g/mol. The van der Waals surface area contributed by atoms with E-state index in [1.54, 1.807) is 20.3 Å². The molecule has 1 aliphatic heterocycles. The Kier molecular flexibility index (Phi) is 5.27. The average Bonchev–Trinajstić information content (AvgIpc) is 3.26. The number of nitrogens with zero attached hydrogens (tertiary/aromatic N) is 1. The standard InChI is InChI=1S/C28H24N2O3/c1-4-18-9-7-10-19(17-18)28(31)30-16-15-21-20-11-5-6-13-23(20)29-25(21)26(30)22-12-8-14-24(32-2)27(22)33-3/h1,5-14,17,26,29H,15-16H2,2-3H3/t26-/m0/s1. The van der Waals surface area contributed by atoms with Crippen LogP contribution in [0.25, 0.3) is 10.9 Å². The lowest BCUT2D eigenvalue weighted by molar-refractivity contribution is 0.0689. The molecule has 4 aromatic rings. The summed E-state index contributed by atoms with van der Waals surface area (Å²) < 4.78 is 11.3. The van der Waals surface area contributed by atoms with Gasteiger partial charge in [0.1, 0.15) is 6.04 Å². The molecule has 5 nitrogen and oxygen atoms in total. The first kappa shape index (κ1) is 20.7. The number of benzene rings is 3. The van der Waals surface area contributed by atoms with Gasteiger partial charge in [-0.05, 0) is 42.3 Å². The molecule has 0 bridgehead atoms. The van der Waals surface area contributed by atoms with Gasteiger partial charge in [-0.3, -0.25) is 4.79 Å². The number of ether oxygens (including phenoxy) is 2. The molecule has 1 atom stereocenters. The highest BCUT2D eigenvalue weighted by Crippen LogP contribution is 2.44. The van der Waals surface area contributed by atoms with Gasteiger partial charge in [-0.25, -0.2) is 0 Å². The van der Waals surface area contributed by atoms with E-state index < -0.39 is 0 Å². The van der Waals surface area contributed by atoms with Gasteiger partial charge < -0.3 is 19.4 Å². The minimum Gasteiger partial charge on any atom is -0.493 e. The molecule has 164 valence electrons. The molecule has 5 rings (SSSR count). The van der Waals surface area contributed by atoms with E-state index in [1.165, 1.54) is 10.9 Å². The number of nitrogens with one attached hydrogen (secondary N) is 1. The molecule has 1 amide bonds. The van der Waals surface area contributed by atoms with Crippen LogP contribution in [0.15, 0.2) is 66.7 Å². The third-order valence-corrected chi connectivity index (χ3v) is 6.30. The Balaban J connectivity index is 1.71. The summed E-state index contributed by atoms with van der Waals surface area (Å²) in [4.78, 5) is 19.3. The van der Waals surface area contributed by atoms with Crippen molar-refractivity contribution in [3.05, 3.63) is 94.7 Å². The minimum absolute atomic E-state index is 0.0775. The maximum atomic E-state index is 13.8. The molecule has 0 unspecified atom stereocenters. The van der Waals surface area contributed by atoms with E-state index in [-0.39, 0.29) is 11.9 Å². The molecule has 0 spiro atoms. The number of rotatable bonds is 4. The van der Waals surface area contributed by atoms with Gasteiger partial charge in [-0.2, -0.15) is 0 Å². The zero-order valence-electron chi connectivity index (χ0n) is 18.6. The molecule has 0 aliphatic carbocycles. The first-order valence-corrected chi connectivity index (χ1v) is 10.8. The van der Waals surface area contributed by atoms with Gasteiger partial charge in [0.15, 0.2) is 11.5 Å². The lowest BCUT2D eigenvalue weighted by atomic mass is 9.91. The van der Waals surface area contributed by atoms with Crippen LogP contribution >= 0.6 is 0 Å². The Labute approximate surface area is 192 Å². The average molecular weight is 437 g/mol. The molecule has 3 aromatic carbocycles. The third kappa shape index (κ3) is 3.41. The second-order valence-electron chi connectivity index (χ2n) is 8.02. The van der Waals surface area contributed by atoms with Gasteiger partial charge in [0.2, 0.25) is 0 Å². The molecular weight excluding hydrogens is 412 g/mol. The van der Waals surface area contributed by atoms with E-state index >= 15 is 0 Å². The molecule has 0 saturated heterocycles. The van der Waals surface area contributed by atoms with Crippen LogP contribution in [0.2, 0.25) is 0 Å². The first-order valence-electron chi connectivity index (χ1n) is 10.8. The molecule has 2 heterocycles. The normalized spacial score (nSPS) is 15.1. The number of hydrogen-bond acceptors (Lipinski definition) is 3. The molecular formula is C28H24N2O3. The van der Waals surface area contributed by atoms with Crippen molar-refractivity contribution < 1.29 is 14.3 Å². The van der Waals surface area contributed by atoms with Gasteiger partial charge in [0, 0.05) is 39.8 Å². The summed E-state index contributed by atoms with van der Waals surface area (Å²) in [6.07, 6.45) is 6.33. The van der Waals surface area contributed by atoms with E-state index in [9.17, 15) is 4.79 Å². The van der Waals surface area contributed by atoms with Crippen molar-refractivity contribution >= 4 is 16.8 Å². The Bertz CT molecular complexity index is 1400. The van der Waals surface area contributed by atoms with Crippen LogP contribution in [-0.2, 0) is 6.42 Å². The minimum atomic E-state index is -0.367. The molecule has 0 fully saturated rings. The van der Waals surface area contributed by atoms with Crippen LogP contribution in [0.1, 0.15) is 38.8 Å². The maximum Gasteiger partial charge on any atom is 0.254 e. The Hall–Kier alpha value is -4.17. The molecule has 0 radical (unpaired) electrons. The summed E-state index contributed by atoms with van der Waals surface area (Å²) >= 11 is 0. The SMILES string of the molecule is C#Cc1cccc(C(=O)N2CCc3c([nH]c4ccccc34)[C@@H]2c2cccc(OC)c2OC)c1. The Morgan fingerprint density at radius 3 is 2.67 bits per heavy atom. The number of methoxy groups -OCH3 is 2. The highest BCUT2D eigenvalue weighted by Gasteiger charge is 2.37. The van der Waals surface area contributed by atoms with Crippen molar-refractivity contribution in [3.8, 4) is 23.8 Å². The summed E-state index contributed by atoms with van der Waals surface area (Å²) in [5.41, 5.74) is 5.39. The predicted octanol–water partition coefficient (Wildman–Crippen LogP) is 4.95. The molecule has 33 heavy (non-hydrogen) atoms. The molecule has 1 N–H and O–H groups in total. The van der Waals surface area contributed by atoms with Gasteiger partial charge in [-0.1, -0.05) is 42.3 Å². The zero-order valence-corrected chi connectivity index (χ0v) is 18.6. The Morgan fingerprint density at radius 2 is 1.88 bits per heavy atom. The molecule has 5 heteroatoms. The number of carbonyl (C=O) groups is 1.